The molecule has 1 unspecified atom stereocenters. The van der Waals surface area contributed by atoms with Gasteiger partial charge in [-0.3, -0.25) is 15.0 Å². The number of hydrogen-bond donors (Lipinski definition) is 2. The molecule has 1 atom stereocenters. The number of methoxy groups -OCH3 is 1. The Morgan fingerprint density at radius 3 is 2.58 bits per heavy atom. The molecule has 0 bridgehead atoms. The first-order chi connectivity index (χ1) is 11.6. The summed E-state index contributed by atoms with van der Waals surface area (Å²) in [5.74, 6) is 0.103. The lowest BCUT2D eigenvalue weighted by Gasteiger charge is -2.37. The zero-order chi connectivity index (χ0) is 17.1. The predicted octanol–water partition coefficient (Wildman–Crippen LogP) is 2.64. The van der Waals surface area contributed by atoms with Crippen LogP contribution in [0.4, 0.5) is 5.69 Å². The first kappa shape index (κ1) is 15.9. The standard InChI is InChI=1S/C18H19N3O3/c1-3-16-19-15-7-5-4-6-14(15)18(23)21(16)20-17(22)12-8-10-13(24-2)11-9-12/h4-11,16,19H,3H2,1-2H3,(H,20,22). The van der Waals surface area contributed by atoms with Crippen molar-refractivity contribution in [1.29, 1.82) is 0 Å². The van der Waals surface area contributed by atoms with Crippen LogP contribution in [0.1, 0.15) is 34.1 Å². The highest BCUT2D eigenvalue weighted by Crippen LogP contribution is 2.25. The highest BCUT2D eigenvalue weighted by molar-refractivity contribution is 6.03. The molecule has 0 aliphatic carbocycles. The van der Waals surface area contributed by atoms with Crippen LogP contribution in [0.5, 0.6) is 5.75 Å². The fraction of sp³-hybridized carbons (Fsp3) is 0.222. The molecule has 1 aliphatic rings. The second-order valence-electron chi connectivity index (χ2n) is 5.46. The van der Waals surface area contributed by atoms with Gasteiger partial charge in [0.05, 0.1) is 12.7 Å². The van der Waals surface area contributed by atoms with Crippen molar-refractivity contribution in [1.82, 2.24) is 10.4 Å². The summed E-state index contributed by atoms with van der Waals surface area (Å²) >= 11 is 0. The average Bonchev–Trinajstić information content (AvgIpc) is 2.63. The van der Waals surface area contributed by atoms with Gasteiger partial charge in [-0.25, -0.2) is 5.01 Å². The minimum absolute atomic E-state index is 0.224. The van der Waals surface area contributed by atoms with Gasteiger partial charge in [0.1, 0.15) is 11.9 Å². The third-order valence-corrected chi connectivity index (χ3v) is 3.97. The lowest BCUT2D eigenvalue weighted by Crippen LogP contribution is -2.57. The van der Waals surface area contributed by atoms with E-state index in [0.717, 1.165) is 5.69 Å². The van der Waals surface area contributed by atoms with E-state index in [-0.39, 0.29) is 18.0 Å². The van der Waals surface area contributed by atoms with Crippen LogP contribution in [0.15, 0.2) is 48.5 Å². The number of fused-ring (bicyclic) bond motifs is 1. The van der Waals surface area contributed by atoms with Crippen molar-refractivity contribution in [2.24, 2.45) is 0 Å². The molecule has 0 fully saturated rings. The Kier molecular flexibility index (Phi) is 4.37. The lowest BCUT2D eigenvalue weighted by molar-refractivity contribution is 0.0488. The van der Waals surface area contributed by atoms with Gasteiger partial charge in [0.2, 0.25) is 0 Å². The summed E-state index contributed by atoms with van der Waals surface area (Å²) in [5.41, 5.74) is 4.48. The van der Waals surface area contributed by atoms with E-state index < -0.39 is 0 Å². The number of anilines is 1. The molecular weight excluding hydrogens is 306 g/mol. The smallest absolute Gasteiger partial charge is 0.276 e. The average molecular weight is 325 g/mol. The Morgan fingerprint density at radius 2 is 1.92 bits per heavy atom. The Balaban J connectivity index is 1.82. The number of hydrogen-bond acceptors (Lipinski definition) is 4. The topological polar surface area (TPSA) is 70.7 Å². The Morgan fingerprint density at radius 1 is 1.21 bits per heavy atom. The molecular formula is C18H19N3O3. The molecule has 3 rings (SSSR count). The molecule has 1 heterocycles. The first-order valence-electron chi connectivity index (χ1n) is 7.78. The summed E-state index contributed by atoms with van der Waals surface area (Å²) in [6, 6.07) is 14.0. The fourth-order valence-corrected chi connectivity index (χ4v) is 2.64. The van der Waals surface area contributed by atoms with Gasteiger partial charge in [0.15, 0.2) is 0 Å². The molecule has 0 spiro atoms. The summed E-state index contributed by atoms with van der Waals surface area (Å²) in [5, 5.41) is 4.63. The summed E-state index contributed by atoms with van der Waals surface area (Å²) in [6.45, 7) is 1.95. The van der Waals surface area contributed by atoms with Crippen LogP contribution in [0.25, 0.3) is 0 Å². The van der Waals surface area contributed by atoms with Crippen LogP contribution in [0, 0.1) is 0 Å². The number of ether oxygens (including phenoxy) is 1. The van der Waals surface area contributed by atoms with Crippen LogP contribution in [0.3, 0.4) is 0 Å². The third-order valence-electron chi connectivity index (χ3n) is 3.97. The van der Waals surface area contributed by atoms with Gasteiger partial charge < -0.3 is 10.1 Å². The largest absolute Gasteiger partial charge is 0.497 e. The maximum atomic E-state index is 12.7. The zero-order valence-corrected chi connectivity index (χ0v) is 13.6. The molecule has 0 aromatic heterocycles. The quantitative estimate of drug-likeness (QED) is 0.906. The number of rotatable bonds is 4. The lowest BCUT2D eigenvalue weighted by atomic mass is 10.1. The monoisotopic (exact) mass is 325 g/mol. The molecule has 0 saturated heterocycles. The van der Waals surface area contributed by atoms with E-state index in [0.29, 0.717) is 23.3 Å². The molecule has 6 nitrogen and oxygen atoms in total. The van der Waals surface area contributed by atoms with E-state index in [1.54, 1.807) is 43.5 Å². The summed E-state index contributed by atoms with van der Waals surface area (Å²) in [7, 11) is 1.57. The van der Waals surface area contributed by atoms with Crippen LogP contribution in [-0.2, 0) is 0 Å². The van der Waals surface area contributed by atoms with Gasteiger partial charge in [-0.1, -0.05) is 19.1 Å². The number of nitrogens with one attached hydrogen (secondary N) is 2. The van der Waals surface area contributed by atoms with E-state index in [2.05, 4.69) is 10.7 Å². The maximum Gasteiger partial charge on any atom is 0.276 e. The zero-order valence-electron chi connectivity index (χ0n) is 13.6. The summed E-state index contributed by atoms with van der Waals surface area (Å²) in [6.07, 6.45) is 0.359. The van der Waals surface area contributed by atoms with Crippen LogP contribution >= 0.6 is 0 Å². The molecule has 2 aromatic rings. The Bertz CT molecular complexity index is 758. The van der Waals surface area contributed by atoms with Gasteiger partial charge in [0.25, 0.3) is 11.8 Å². The minimum Gasteiger partial charge on any atom is -0.497 e. The first-order valence-corrected chi connectivity index (χ1v) is 7.78. The van der Waals surface area contributed by atoms with Crippen molar-refractivity contribution in [3.8, 4) is 5.75 Å². The second-order valence-corrected chi connectivity index (χ2v) is 5.46. The van der Waals surface area contributed by atoms with Crippen molar-refractivity contribution in [2.45, 2.75) is 19.5 Å². The van der Waals surface area contributed by atoms with Crippen molar-refractivity contribution in [3.63, 3.8) is 0 Å². The summed E-state index contributed by atoms with van der Waals surface area (Å²) < 4.78 is 5.08. The van der Waals surface area contributed by atoms with Gasteiger partial charge in [-0.05, 0) is 42.8 Å². The molecule has 2 aromatic carbocycles. The van der Waals surface area contributed by atoms with E-state index >= 15 is 0 Å². The van der Waals surface area contributed by atoms with E-state index in [1.165, 1.54) is 5.01 Å². The molecule has 0 saturated carbocycles. The van der Waals surface area contributed by atoms with Crippen molar-refractivity contribution >= 4 is 17.5 Å². The normalized spacial score (nSPS) is 16.2. The molecule has 6 heteroatoms. The van der Waals surface area contributed by atoms with E-state index in [4.69, 9.17) is 4.74 Å². The van der Waals surface area contributed by atoms with Gasteiger partial charge in [-0.2, -0.15) is 0 Å². The van der Waals surface area contributed by atoms with Crippen molar-refractivity contribution < 1.29 is 14.3 Å². The van der Waals surface area contributed by atoms with Gasteiger partial charge in [-0.15, -0.1) is 0 Å². The minimum atomic E-state index is -0.342. The van der Waals surface area contributed by atoms with Gasteiger partial charge >= 0.3 is 0 Å². The van der Waals surface area contributed by atoms with E-state index in [9.17, 15) is 9.59 Å². The number of para-hydroxylation sites is 1. The molecule has 2 amide bonds. The number of carbonyl (C=O) groups is 2. The highest BCUT2D eigenvalue weighted by Gasteiger charge is 2.32. The SMILES string of the molecule is CCC1Nc2ccccc2C(=O)N1NC(=O)c1ccc(OC)cc1. The van der Waals surface area contributed by atoms with Crippen LogP contribution in [-0.4, -0.2) is 30.1 Å². The maximum absolute atomic E-state index is 12.7. The van der Waals surface area contributed by atoms with Gasteiger partial charge in [0, 0.05) is 11.3 Å². The number of hydrazine groups is 1. The predicted molar refractivity (Wildman–Crippen MR) is 90.8 cm³/mol. The highest BCUT2D eigenvalue weighted by atomic mass is 16.5. The number of carbonyl (C=O) groups excluding carboxylic acids is 2. The molecule has 124 valence electrons. The van der Waals surface area contributed by atoms with Crippen LogP contribution in [0.2, 0.25) is 0 Å². The second kappa shape index (κ2) is 6.62. The van der Waals surface area contributed by atoms with Crippen LogP contribution < -0.4 is 15.5 Å². The molecule has 2 N–H and O–H groups in total. The number of nitrogens with zero attached hydrogens (tertiary/aromatic N) is 1. The van der Waals surface area contributed by atoms with E-state index in [1.807, 2.05) is 19.1 Å². The fourth-order valence-electron chi connectivity index (χ4n) is 2.64. The molecule has 24 heavy (non-hydrogen) atoms. The van der Waals surface area contributed by atoms with Crippen molar-refractivity contribution in [3.05, 3.63) is 59.7 Å². The summed E-state index contributed by atoms with van der Waals surface area (Å²) in [4.78, 5) is 25.2. The molecule has 0 radical (unpaired) electrons. The Hall–Kier alpha value is -3.02. The number of benzene rings is 2. The Labute approximate surface area is 140 Å². The van der Waals surface area contributed by atoms with Crippen molar-refractivity contribution in [2.75, 3.05) is 12.4 Å². The molecule has 1 aliphatic heterocycles. The third kappa shape index (κ3) is 2.90. The number of amides is 2.